The van der Waals surface area contributed by atoms with E-state index >= 15 is 0 Å². The van der Waals surface area contributed by atoms with Crippen molar-refractivity contribution in [1.29, 1.82) is 0 Å². The number of esters is 1. The van der Waals surface area contributed by atoms with Crippen molar-refractivity contribution >= 4 is 23.5 Å². The first-order valence-corrected chi connectivity index (χ1v) is 9.56. The molecule has 3 rings (SSSR count). The summed E-state index contributed by atoms with van der Waals surface area (Å²) in [6.07, 6.45) is 1.45. The minimum absolute atomic E-state index is 0.122. The first-order valence-electron chi connectivity index (χ1n) is 9.56. The Bertz CT molecular complexity index is 712. The second-order valence-corrected chi connectivity index (χ2v) is 6.75. The van der Waals surface area contributed by atoms with Crippen molar-refractivity contribution in [2.75, 3.05) is 31.2 Å². The van der Waals surface area contributed by atoms with Crippen molar-refractivity contribution in [1.82, 2.24) is 4.90 Å². The summed E-state index contributed by atoms with van der Waals surface area (Å²) in [5.41, 5.74) is 0.498. The van der Waals surface area contributed by atoms with Gasteiger partial charge in [-0.15, -0.1) is 0 Å². The van der Waals surface area contributed by atoms with Crippen LogP contribution in [0.5, 0.6) is 5.75 Å². The molecule has 0 aromatic heterocycles. The van der Waals surface area contributed by atoms with E-state index in [-0.39, 0.29) is 30.1 Å². The Morgan fingerprint density at radius 2 is 1.81 bits per heavy atom. The third-order valence-electron chi connectivity index (χ3n) is 5.12. The van der Waals surface area contributed by atoms with Crippen LogP contribution in [0.4, 0.5) is 5.69 Å². The van der Waals surface area contributed by atoms with E-state index in [9.17, 15) is 14.4 Å². The summed E-state index contributed by atoms with van der Waals surface area (Å²) < 4.78 is 10.7. The molecule has 0 unspecified atom stereocenters. The molecule has 2 aliphatic heterocycles. The van der Waals surface area contributed by atoms with Crippen molar-refractivity contribution in [2.24, 2.45) is 5.92 Å². The van der Waals surface area contributed by atoms with E-state index in [0.29, 0.717) is 50.6 Å². The number of ether oxygens (including phenoxy) is 2. The number of nitrogens with zero attached hydrogens (tertiary/aromatic N) is 2. The zero-order valence-corrected chi connectivity index (χ0v) is 15.8. The van der Waals surface area contributed by atoms with Gasteiger partial charge in [0.25, 0.3) is 5.91 Å². The predicted octanol–water partition coefficient (Wildman–Crippen LogP) is 1.99. The minimum Gasteiger partial charge on any atom is -0.492 e. The van der Waals surface area contributed by atoms with Gasteiger partial charge in [-0.25, -0.2) is 4.90 Å². The molecule has 1 aromatic rings. The SMILES string of the molecule is CCOC(=O)C1CCN([C@H]2CC(=O)N(c3ccccc3OCC)C2=O)CC1. The number of hydrogen-bond donors (Lipinski definition) is 0. The molecule has 0 aliphatic carbocycles. The van der Waals surface area contributed by atoms with Crippen LogP contribution < -0.4 is 9.64 Å². The van der Waals surface area contributed by atoms with E-state index < -0.39 is 6.04 Å². The molecular weight excluding hydrogens is 348 g/mol. The highest BCUT2D eigenvalue weighted by atomic mass is 16.5. The van der Waals surface area contributed by atoms with Gasteiger partial charge < -0.3 is 9.47 Å². The van der Waals surface area contributed by atoms with Crippen LogP contribution in [0, 0.1) is 5.92 Å². The number of carbonyl (C=O) groups excluding carboxylic acids is 3. The molecule has 0 radical (unpaired) electrons. The van der Waals surface area contributed by atoms with Gasteiger partial charge in [-0.05, 0) is 51.9 Å². The topological polar surface area (TPSA) is 76.2 Å². The van der Waals surface area contributed by atoms with Crippen molar-refractivity contribution in [3.05, 3.63) is 24.3 Å². The maximum absolute atomic E-state index is 13.0. The number of carbonyl (C=O) groups is 3. The second-order valence-electron chi connectivity index (χ2n) is 6.75. The molecule has 2 saturated heterocycles. The van der Waals surface area contributed by atoms with Crippen LogP contribution in [0.25, 0.3) is 0 Å². The van der Waals surface area contributed by atoms with Crippen LogP contribution in [0.1, 0.15) is 33.1 Å². The summed E-state index contributed by atoms with van der Waals surface area (Å²) in [4.78, 5) is 40.8. The van der Waals surface area contributed by atoms with Crippen LogP contribution in [0.15, 0.2) is 24.3 Å². The number of anilines is 1. The zero-order valence-electron chi connectivity index (χ0n) is 15.8. The second kappa shape index (κ2) is 8.52. The molecule has 0 saturated carbocycles. The Kier molecular flexibility index (Phi) is 6.11. The molecule has 1 aromatic carbocycles. The van der Waals surface area contributed by atoms with Crippen molar-refractivity contribution in [2.45, 2.75) is 39.2 Å². The first-order chi connectivity index (χ1) is 13.1. The maximum atomic E-state index is 13.0. The number of hydrogen-bond acceptors (Lipinski definition) is 6. The molecule has 146 valence electrons. The van der Waals surface area contributed by atoms with Crippen LogP contribution in [0.2, 0.25) is 0 Å². The number of imide groups is 1. The van der Waals surface area contributed by atoms with Gasteiger partial charge in [0.1, 0.15) is 5.75 Å². The number of benzene rings is 1. The first kappa shape index (κ1) is 19.4. The van der Waals surface area contributed by atoms with Crippen LogP contribution >= 0.6 is 0 Å². The summed E-state index contributed by atoms with van der Waals surface area (Å²) in [7, 11) is 0. The van der Waals surface area contributed by atoms with Gasteiger partial charge in [-0.2, -0.15) is 0 Å². The summed E-state index contributed by atoms with van der Waals surface area (Å²) in [5.74, 6) is -0.198. The summed E-state index contributed by atoms with van der Waals surface area (Å²) in [6, 6.07) is 6.62. The molecule has 27 heavy (non-hydrogen) atoms. The van der Waals surface area contributed by atoms with Gasteiger partial charge in [-0.3, -0.25) is 19.3 Å². The Hall–Kier alpha value is -2.41. The fourth-order valence-electron chi connectivity index (χ4n) is 3.78. The third-order valence-corrected chi connectivity index (χ3v) is 5.12. The van der Waals surface area contributed by atoms with E-state index in [0.717, 1.165) is 0 Å². The molecule has 2 amide bonds. The lowest BCUT2D eigenvalue weighted by Gasteiger charge is -2.33. The average molecular weight is 374 g/mol. The third kappa shape index (κ3) is 3.98. The molecule has 2 aliphatic rings. The van der Waals surface area contributed by atoms with Crippen molar-refractivity contribution in [3.8, 4) is 5.75 Å². The van der Waals surface area contributed by atoms with Crippen molar-refractivity contribution < 1.29 is 23.9 Å². The average Bonchev–Trinajstić information content (AvgIpc) is 2.97. The lowest BCUT2D eigenvalue weighted by molar-refractivity contribution is -0.149. The molecular formula is C20H26N2O5. The quantitative estimate of drug-likeness (QED) is 0.560. The number of likely N-dealkylation sites (tertiary alicyclic amines) is 1. The summed E-state index contributed by atoms with van der Waals surface area (Å²) in [5, 5.41) is 0. The Morgan fingerprint density at radius 3 is 2.48 bits per heavy atom. The molecule has 7 nitrogen and oxygen atoms in total. The summed E-state index contributed by atoms with van der Waals surface area (Å²) in [6.45, 7) is 5.70. The Morgan fingerprint density at radius 1 is 1.11 bits per heavy atom. The van der Waals surface area contributed by atoms with Gasteiger partial charge in [0.2, 0.25) is 5.91 Å². The van der Waals surface area contributed by atoms with E-state index in [1.165, 1.54) is 4.90 Å². The largest absolute Gasteiger partial charge is 0.492 e. The Balaban J connectivity index is 1.70. The number of piperidine rings is 1. The van der Waals surface area contributed by atoms with E-state index in [1.54, 1.807) is 25.1 Å². The molecule has 0 N–H and O–H groups in total. The van der Waals surface area contributed by atoms with E-state index in [4.69, 9.17) is 9.47 Å². The predicted molar refractivity (Wildman–Crippen MR) is 99.4 cm³/mol. The molecule has 2 fully saturated rings. The smallest absolute Gasteiger partial charge is 0.309 e. The Labute approximate surface area is 159 Å². The number of amides is 2. The highest BCUT2D eigenvalue weighted by molar-refractivity contribution is 6.23. The molecule has 0 bridgehead atoms. The number of rotatable bonds is 6. The van der Waals surface area contributed by atoms with Crippen LogP contribution in [-0.2, 0) is 19.1 Å². The lowest BCUT2D eigenvalue weighted by atomic mass is 9.95. The standard InChI is InChI=1S/C20H26N2O5/c1-3-26-17-8-6-5-7-15(17)22-18(23)13-16(19(22)24)21-11-9-14(10-12-21)20(25)27-4-2/h5-8,14,16H,3-4,9-13H2,1-2H3/t16-/m0/s1. The number of para-hydroxylation sites is 2. The fourth-order valence-corrected chi connectivity index (χ4v) is 3.78. The highest BCUT2D eigenvalue weighted by Crippen LogP contribution is 2.34. The summed E-state index contributed by atoms with van der Waals surface area (Å²) >= 11 is 0. The molecule has 7 heteroatoms. The minimum atomic E-state index is -0.477. The zero-order chi connectivity index (χ0) is 19.4. The van der Waals surface area contributed by atoms with E-state index in [1.807, 2.05) is 17.9 Å². The lowest BCUT2D eigenvalue weighted by Crippen LogP contribution is -2.47. The van der Waals surface area contributed by atoms with Gasteiger partial charge in [0, 0.05) is 0 Å². The monoisotopic (exact) mass is 374 g/mol. The molecule has 1 atom stereocenters. The van der Waals surface area contributed by atoms with Crippen LogP contribution in [-0.4, -0.2) is 55.0 Å². The van der Waals surface area contributed by atoms with Gasteiger partial charge in [0.15, 0.2) is 0 Å². The molecule has 2 heterocycles. The maximum Gasteiger partial charge on any atom is 0.309 e. The normalized spacial score (nSPS) is 21.6. The van der Waals surface area contributed by atoms with E-state index in [2.05, 4.69) is 0 Å². The van der Waals surface area contributed by atoms with Gasteiger partial charge >= 0.3 is 5.97 Å². The fraction of sp³-hybridized carbons (Fsp3) is 0.550. The van der Waals surface area contributed by atoms with Gasteiger partial charge in [0.05, 0.1) is 37.3 Å². The van der Waals surface area contributed by atoms with Crippen LogP contribution in [0.3, 0.4) is 0 Å². The molecule has 0 spiro atoms. The van der Waals surface area contributed by atoms with Gasteiger partial charge in [-0.1, -0.05) is 12.1 Å². The highest BCUT2D eigenvalue weighted by Gasteiger charge is 2.44. The van der Waals surface area contributed by atoms with Crippen molar-refractivity contribution in [3.63, 3.8) is 0 Å².